The van der Waals surface area contributed by atoms with Crippen LogP contribution < -0.4 is 10.6 Å². The highest BCUT2D eigenvalue weighted by atomic mass is 16.3. The third-order valence-corrected chi connectivity index (χ3v) is 13.2. The van der Waals surface area contributed by atoms with Crippen molar-refractivity contribution >= 4 is 45.2 Å². The Morgan fingerprint density at radius 2 is 0.691 bits per heavy atom. The van der Waals surface area contributed by atoms with Crippen molar-refractivity contribution in [2.75, 3.05) is 10.6 Å². The number of aromatic hydroxyl groups is 4. The lowest BCUT2D eigenvalue weighted by molar-refractivity contribution is -0.113. The summed E-state index contributed by atoms with van der Waals surface area (Å²) in [6.07, 6.45) is 2.93. The highest BCUT2D eigenvalue weighted by Gasteiger charge is 2.39. The van der Waals surface area contributed by atoms with Crippen LogP contribution in [-0.2, 0) is 31.2 Å². The zero-order valence-corrected chi connectivity index (χ0v) is 43.3. The number of hydrogen-bond donors (Lipinski definition) is 8. The molecule has 4 aromatic rings. The van der Waals surface area contributed by atoms with E-state index < -0.39 is 44.7 Å². The number of carbonyl (C=O) groups excluding carboxylic acids is 2. The first kappa shape index (κ1) is 51.0. The standard InChI is InChI=1S/C58H72N2O8/c1-27(2)41-33-19-29(5)43(51(65)45(33)35(47(61)53(41)67)25-59-31-21-37(55(7,8)9)49(63)38(22-31)56(10,11)12)44-30(6)20-34-42(28(3)4)54(68)48(62)36(46(34)52(44)66)26-60-32-23-39(57(13,14)15)50(64)40(24-32)58(16,17)18/h19-28,59-60,63-68H,1-18H3. The number of aliphatic hydroxyl groups excluding tert-OH is 2. The Balaban J connectivity index is 1.63. The topological polar surface area (TPSA) is 180 Å². The second-order valence-corrected chi connectivity index (χ2v) is 23.4. The summed E-state index contributed by atoms with van der Waals surface area (Å²) in [5.74, 6) is -3.22. The molecule has 0 unspecified atom stereocenters. The van der Waals surface area contributed by atoms with Crippen LogP contribution in [0.1, 0.15) is 166 Å². The number of phenols is 4. The Hall–Kier alpha value is -6.42. The second kappa shape index (κ2) is 17.3. The molecular weight excluding hydrogens is 853 g/mol. The summed E-state index contributed by atoms with van der Waals surface area (Å²) >= 11 is 0. The van der Waals surface area contributed by atoms with Crippen molar-refractivity contribution in [2.24, 2.45) is 11.8 Å². The lowest BCUT2D eigenvalue weighted by atomic mass is 9.75. The third-order valence-electron chi connectivity index (χ3n) is 13.2. The summed E-state index contributed by atoms with van der Waals surface area (Å²) < 4.78 is 0. The molecule has 0 bridgehead atoms. The van der Waals surface area contributed by atoms with Crippen molar-refractivity contribution in [1.29, 1.82) is 0 Å². The fourth-order valence-corrected chi connectivity index (χ4v) is 9.66. The first-order chi connectivity index (χ1) is 31.1. The Kier molecular flexibility index (Phi) is 12.9. The molecule has 0 aromatic heterocycles. The maximum atomic E-state index is 14.4. The Labute approximate surface area is 402 Å². The number of aliphatic hydroxyl groups is 2. The number of ketones is 2. The molecule has 0 atom stereocenters. The van der Waals surface area contributed by atoms with Crippen molar-refractivity contribution in [3.8, 4) is 34.1 Å². The molecule has 0 saturated heterocycles. The monoisotopic (exact) mass is 925 g/mol. The number of aryl methyl sites for hydroxylation is 2. The van der Waals surface area contributed by atoms with Gasteiger partial charge >= 0.3 is 0 Å². The Morgan fingerprint density at radius 1 is 0.426 bits per heavy atom. The van der Waals surface area contributed by atoms with E-state index in [0.717, 1.165) is 0 Å². The van der Waals surface area contributed by atoms with Gasteiger partial charge in [0.05, 0.1) is 11.1 Å². The highest BCUT2D eigenvalue weighted by molar-refractivity contribution is 6.35. The Bertz CT molecular complexity index is 2660. The number of phenolic OH excluding ortho intramolecular Hbond substituents is 4. The molecule has 362 valence electrons. The molecule has 2 aliphatic carbocycles. The first-order valence-corrected chi connectivity index (χ1v) is 23.5. The van der Waals surface area contributed by atoms with Gasteiger partial charge in [-0.2, -0.15) is 0 Å². The number of fused-ring (bicyclic) bond motifs is 2. The molecule has 0 amide bonds. The van der Waals surface area contributed by atoms with E-state index in [2.05, 4.69) is 10.6 Å². The molecule has 10 heteroatoms. The van der Waals surface area contributed by atoms with Gasteiger partial charge in [0.2, 0.25) is 11.6 Å². The number of allylic oxidation sites excluding steroid dienone is 4. The number of hydrogen-bond acceptors (Lipinski definition) is 10. The molecule has 68 heavy (non-hydrogen) atoms. The fourth-order valence-electron chi connectivity index (χ4n) is 9.66. The molecule has 0 spiro atoms. The molecule has 0 saturated carbocycles. The predicted octanol–water partition coefficient (Wildman–Crippen LogP) is 13.9. The van der Waals surface area contributed by atoms with E-state index in [-0.39, 0.29) is 68.2 Å². The van der Waals surface area contributed by atoms with Crippen molar-refractivity contribution in [3.05, 3.63) is 116 Å². The van der Waals surface area contributed by atoms with Crippen LogP contribution in [0.2, 0.25) is 0 Å². The van der Waals surface area contributed by atoms with Gasteiger partial charge in [0.1, 0.15) is 23.0 Å². The molecule has 6 rings (SSSR count). The number of benzene rings is 4. The fraction of sp³-hybridized carbons (Fsp3) is 0.414. The molecule has 0 aliphatic heterocycles. The molecule has 2 aliphatic rings. The van der Waals surface area contributed by atoms with Gasteiger partial charge in [-0.3, -0.25) is 9.59 Å². The maximum absolute atomic E-state index is 14.4. The van der Waals surface area contributed by atoms with Crippen molar-refractivity contribution in [3.63, 3.8) is 0 Å². The average molecular weight is 925 g/mol. The highest BCUT2D eigenvalue weighted by Crippen LogP contribution is 2.54. The molecule has 4 aromatic carbocycles. The van der Waals surface area contributed by atoms with Crippen LogP contribution in [0.25, 0.3) is 33.4 Å². The largest absolute Gasteiger partial charge is 0.507 e. The molecular formula is C58H72N2O8. The van der Waals surface area contributed by atoms with Gasteiger partial charge in [0.25, 0.3) is 0 Å². The summed E-state index contributed by atoms with van der Waals surface area (Å²) in [7, 11) is 0. The summed E-state index contributed by atoms with van der Waals surface area (Å²) in [5, 5.41) is 78.0. The molecule has 8 N–H and O–H groups in total. The molecule has 10 nitrogen and oxygen atoms in total. The van der Waals surface area contributed by atoms with E-state index in [4.69, 9.17) is 0 Å². The lowest BCUT2D eigenvalue weighted by Crippen LogP contribution is -2.20. The summed E-state index contributed by atoms with van der Waals surface area (Å²) in [6, 6.07) is 10.9. The SMILES string of the molecule is Cc1cc2c(c(O)c1-c1c(C)cc3c(c1O)C(=CNc1cc(C(C)(C)C)c(O)c(C(C)(C)C)c1)C(=O)C(O)=C3C(C)C)C(=CNc1cc(C(C)(C)C)c(O)c(C(C)(C)C)c1)C(=O)C(O)=C2C(C)C. The minimum absolute atomic E-state index is 0.0218. The Morgan fingerprint density at radius 3 is 0.926 bits per heavy atom. The van der Waals surface area contributed by atoms with Gasteiger partial charge < -0.3 is 41.3 Å². The van der Waals surface area contributed by atoms with Crippen molar-refractivity contribution < 1.29 is 40.2 Å². The molecule has 0 fully saturated rings. The smallest absolute Gasteiger partial charge is 0.229 e. The van der Waals surface area contributed by atoms with Crippen molar-refractivity contribution in [1.82, 2.24) is 0 Å². The van der Waals surface area contributed by atoms with E-state index in [1.165, 1.54) is 12.4 Å². The second-order valence-electron chi connectivity index (χ2n) is 23.4. The van der Waals surface area contributed by atoms with E-state index >= 15 is 0 Å². The zero-order valence-electron chi connectivity index (χ0n) is 43.3. The van der Waals surface area contributed by atoms with E-state index in [1.54, 1.807) is 26.0 Å². The van der Waals surface area contributed by atoms with Gasteiger partial charge in [-0.05, 0) is 93.9 Å². The van der Waals surface area contributed by atoms with Gasteiger partial charge in [-0.15, -0.1) is 0 Å². The van der Waals surface area contributed by atoms with Crippen LogP contribution in [0.15, 0.2) is 60.3 Å². The van der Waals surface area contributed by atoms with Crippen LogP contribution in [0.3, 0.4) is 0 Å². The number of anilines is 2. The molecule has 0 heterocycles. The summed E-state index contributed by atoms with van der Waals surface area (Å²) in [4.78, 5) is 28.8. The molecule has 0 radical (unpaired) electrons. The lowest BCUT2D eigenvalue weighted by Gasteiger charge is -2.30. The van der Waals surface area contributed by atoms with Gasteiger partial charge in [0, 0.05) is 79.4 Å². The predicted molar refractivity (Wildman–Crippen MR) is 278 cm³/mol. The van der Waals surface area contributed by atoms with Crippen molar-refractivity contribution in [2.45, 2.75) is 146 Å². The van der Waals surface area contributed by atoms with Crippen LogP contribution in [-0.4, -0.2) is 42.2 Å². The van der Waals surface area contributed by atoms with Gasteiger partial charge in [-0.1, -0.05) is 123 Å². The number of nitrogens with one attached hydrogen (secondary N) is 2. The maximum Gasteiger partial charge on any atom is 0.229 e. The minimum Gasteiger partial charge on any atom is -0.507 e. The number of carbonyl (C=O) groups is 2. The third kappa shape index (κ3) is 8.90. The van der Waals surface area contributed by atoms with E-state index in [1.807, 2.05) is 135 Å². The summed E-state index contributed by atoms with van der Waals surface area (Å²) in [5.41, 5.74) is 5.55. The normalized spacial score (nSPS) is 16.1. The summed E-state index contributed by atoms with van der Waals surface area (Å²) in [6.45, 7) is 35.0. The van der Waals surface area contributed by atoms with E-state index in [9.17, 15) is 40.2 Å². The van der Waals surface area contributed by atoms with Gasteiger partial charge in [-0.25, -0.2) is 0 Å². The zero-order chi connectivity index (χ0) is 51.2. The minimum atomic E-state index is -0.710. The van der Waals surface area contributed by atoms with E-state index in [0.29, 0.717) is 67.0 Å². The number of rotatable bonds is 7. The van der Waals surface area contributed by atoms with Crippen LogP contribution >= 0.6 is 0 Å². The van der Waals surface area contributed by atoms with Crippen LogP contribution in [0.4, 0.5) is 11.4 Å². The van der Waals surface area contributed by atoms with Crippen LogP contribution in [0.5, 0.6) is 23.0 Å². The quantitative estimate of drug-likeness (QED) is 0.0657. The van der Waals surface area contributed by atoms with Gasteiger partial charge in [0.15, 0.2) is 11.5 Å². The van der Waals surface area contributed by atoms with Crippen LogP contribution in [0, 0.1) is 25.7 Å². The first-order valence-electron chi connectivity index (χ1n) is 23.5. The number of Topliss-reactive ketones (excluding diaryl/α,β-unsaturated/α-hetero) is 2. The average Bonchev–Trinajstić information content (AvgIpc) is 3.18.